The van der Waals surface area contributed by atoms with Crippen molar-refractivity contribution in [3.63, 3.8) is 0 Å². The van der Waals surface area contributed by atoms with Gasteiger partial charge in [-0.2, -0.15) is 0 Å². The highest BCUT2D eigenvalue weighted by Crippen LogP contribution is 2.29. The summed E-state index contributed by atoms with van der Waals surface area (Å²) >= 11 is 0. The second kappa shape index (κ2) is 4.28. The van der Waals surface area contributed by atoms with Gasteiger partial charge in [-0.15, -0.1) is 0 Å². The maximum absolute atomic E-state index is 9.45. The largest absolute Gasteiger partial charge is 0.394 e. The highest BCUT2D eigenvalue weighted by molar-refractivity contribution is 4.96. The molecule has 0 amide bonds. The first kappa shape index (κ1) is 12.7. The molecule has 0 radical (unpaired) electrons. The van der Waals surface area contributed by atoms with Crippen LogP contribution in [-0.4, -0.2) is 78.8 Å². The predicted octanol–water partition coefficient (Wildman–Crippen LogP) is -4.54. The fourth-order valence-corrected chi connectivity index (χ4v) is 1.39. The van der Waals surface area contributed by atoms with Crippen molar-refractivity contribution < 1.29 is 40.5 Å². The molecule has 1 saturated heterocycles. The van der Waals surface area contributed by atoms with Crippen molar-refractivity contribution in [1.82, 2.24) is 0 Å². The molecule has 0 saturated carbocycles. The van der Waals surface area contributed by atoms with Crippen LogP contribution in [0.5, 0.6) is 0 Å². The third-order valence-corrected chi connectivity index (χ3v) is 2.37. The van der Waals surface area contributed by atoms with E-state index < -0.39 is 43.1 Å². The van der Waals surface area contributed by atoms with E-state index in [0.717, 1.165) is 0 Å². The van der Waals surface area contributed by atoms with Gasteiger partial charge in [-0.25, -0.2) is 0 Å². The Morgan fingerprint density at radius 1 is 1.13 bits per heavy atom. The van der Waals surface area contributed by atoms with Crippen molar-refractivity contribution in [1.29, 1.82) is 0 Å². The minimum atomic E-state index is -2.84. The molecular formula is C7H14O8. The number of aliphatic hydroxyl groups excluding tert-OH is 5. The van der Waals surface area contributed by atoms with Gasteiger partial charge in [0.2, 0.25) is 12.1 Å². The van der Waals surface area contributed by atoms with E-state index in [1.54, 1.807) is 0 Å². The van der Waals surface area contributed by atoms with Crippen LogP contribution in [0.3, 0.4) is 0 Å². The zero-order valence-corrected chi connectivity index (χ0v) is 7.63. The summed E-state index contributed by atoms with van der Waals surface area (Å²) in [5, 5.41) is 63.5. The number of aliphatic hydroxyl groups is 7. The summed E-state index contributed by atoms with van der Waals surface area (Å²) in [5.74, 6) is -2.84. The van der Waals surface area contributed by atoms with Crippen molar-refractivity contribution in [3.8, 4) is 0 Å². The third kappa shape index (κ3) is 1.98. The minimum Gasteiger partial charge on any atom is -0.394 e. The SMILES string of the molecule is OC[C@H]1O[C@@](O)(C(O)O)[C@H](O)[C@@H](O)[C@@H]1O. The van der Waals surface area contributed by atoms with E-state index in [0.29, 0.717) is 0 Å². The summed E-state index contributed by atoms with van der Waals surface area (Å²) in [6.07, 6.45) is -9.50. The quantitative estimate of drug-likeness (QED) is 0.233. The van der Waals surface area contributed by atoms with Crippen molar-refractivity contribution in [2.75, 3.05) is 6.61 Å². The Hall–Kier alpha value is -0.320. The Bertz CT molecular complexity index is 219. The smallest absolute Gasteiger partial charge is 0.247 e. The van der Waals surface area contributed by atoms with Crippen molar-refractivity contribution in [3.05, 3.63) is 0 Å². The van der Waals surface area contributed by atoms with Crippen LogP contribution >= 0.6 is 0 Å². The number of hydrogen-bond donors (Lipinski definition) is 7. The number of rotatable bonds is 2. The van der Waals surface area contributed by atoms with Gasteiger partial charge in [-0.1, -0.05) is 0 Å². The van der Waals surface area contributed by atoms with Gasteiger partial charge < -0.3 is 40.5 Å². The first-order valence-corrected chi connectivity index (χ1v) is 4.26. The van der Waals surface area contributed by atoms with Crippen LogP contribution in [0.25, 0.3) is 0 Å². The van der Waals surface area contributed by atoms with E-state index in [4.69, 9.17) is 15.3 Å². The Kier molecular flexibility index (Phi) is 3.63. The maximum atomic E-state index is 9.45. The summed E-state index contributed by atoms with van der Waals surface area (Å²) in [7, 11) is 0. The first-order valence-electron chi connectivity index (χ1n) is 4.26. The van der Waals surface area contributed by atoms with Gasteiger partial charge >= 0.3 is 0 Å². The van der Waals surface area contributed by atoms with Gasteiger partial charge in [-0.3, -0.25) is 0 Å². The van der Waals surface area contributed by atoms with Crippen LogP contribution in [0.4, 0.5) is 0 Å². The molecular weight excluding hydrogens is 212 g/mol. The Morgan fingerprint density at radius 2 is 1.67 bits per heavy atom. The molecule has 0 aromatic rings. The second-order valence-electron chi connectivity index (χ2n) is 3.39. The lowest BCUT2D eigenvalue weighted by Crippen LogP contribution is -2.69. The van der Waals surface area contributed by atoms with E-state index in [-0.39, 0.29) is 0 Å². The van der Waals surface area contributed by atoms with E-state index in [1.165, 1.54) is 0 Å². The van der Waals surface area contributed by atoms with E-state index in [9.17, 15) is 20.4 Å². The molecule has 1 aliphatic rings. The third-order valence-electron chi connectivity index (χ3n) is 2.37. The van der Waals surface area contributed by atoms with Crippen LogP contribution in [0.1, 0.15) is 0 Å². The summed E-state index contributed by atoms with van der Waals surface area (Å²) in [5.41, 5.74) is 0. The Morgan fingerprint density at radius 3 is 2.07 bits per heavy atom. The molecule has 1 rings (SSSR count). The molecule has 0 spiro atoms. The van der Waals surface area contributed by atoms with Crippen LogP contribution in [0, 0.1) is 0 Å². The lowest BCUT2D eigenvalue weighted by Gasteiger charge is -2.45. The molecule has 90 valence electrons. The molecule has 8 nitrogen and oxygen atoms in total. The van der Waals surface area contributed by atoms with E-state index >= 15 is 0 Å². The summed E-state index contributed by atoms with van der Waals surface area (Å²) in [4.78, 5) is 0. The van der Waals surface area contributed by atoms with Gasteiger partial charge in [0.1, 0.15) is 24.4 Å². The molecule has 0 unspecified atom stereocenters. The normalized spacial score (nSPS) is 47.2. The second-order valence-corrected chi connectivity index (χ2v) is 3.39. The van der Waals surface area contributed by atoms with Gasteiger partial charge in [-0.05, 0) is 0 Å². The molecule has 1 fully saturated rings. The number of hydrogen-bond acceptors (Lipinski definition) is 8. The van der Waals surface area contributed by atoms with E-state index in [2.05, 4.69) is 4.74 Å². The summed E-state index contributed by atoms with van der Waals surface area (Å²) in [6, 6.07) is 0. The molecule has 5 atom stereocenters. The van der Waals surface area contributed by atoms with Gasteiger partial charge in [0.25, 0.3) is 0 Å². The molecule has 0 aromatic heterocycles. The average molecular weight is 226 g/mol. The Balaban J connectivity index is 2.92. The van der Waals surface area contributed by atoms with Crippen LogP contribution in [-0.2, 0) is 4.74 Å². The lowest BCUT2D eigenvalue weighted by atomic mass is 9.92. The highest BCUT2D eigenvalue weighted by atomic mass is 16.7. The van der Waals surface area contributed by atoms with Gasteiger partial charge in [0, 0.05) is 0 Å². The summed E-state index contributed by atoms with van der Waals surface area (Å²) in [6.45, 7) is -0.764. The summed E-state index contributed by atoms with van der Waals surface area (Å²) < 4.78 is 4.53. The molecule has 8 heteroatoms. The highest BCUT2D eigenvalue weighted by Gasteiger charge is 2.56. The van der Waals surface area contributed by atoms with Crippen molar-refractivity contribution in [2.45, 2.75) is 36.5 Å². The molecule has 0 bridgehead atoms. The van der Waals surface area contributed by atoms with Gasteiger partial charge in [0.05, 0.1) is 6.61 Å². The van der Waals surface area contributed by atoms with Crippen LogP contribution in [0.2, 0.25) is 0 Å². The standard InChI is InChI=1S/C7H14O8/c8-1-2-3(9)4(10)5(11)7(14,15-2)6(12)13/h2-6,8-14H,1H2/t2-,3-,4+,5-,7-/m1/s1. The zero-order chi connectivity index (χ0) is 11.8. The maximum Gasteiger partial charge on any atom is 0.247 e. The number of ether oxygens (including phenoxy) is 1. The monoisotopic (exact) mass is 226 g/mol. The molecule has 7 N–H and O–H groups in total. The fraction of sp³-hybridized carbons (Fsp3) is 1.00. The van der Waals surface area contributed by atoms with Gasteiger partial charge in [0.15, 0.2) is 0 Å². The topological polar surface area (TPSA) is 151 Å². The molecule has 0 aliphatic carbocycles. The molecule has 1 heterocycles. The van der Waals surface area contributed by atoms with Crippen LogP contribution in [0.15, 0.2) is 0 Å². The molecule has 0 aromatic carbocycles. The van der Waals surface area contributed by atoms with Crippen molar-refractivity contribution >= 4 is 0 Å². The molecule has 1 aliphatic heterocycles. The Labute approximate surface area is 84.6 Å². The van der Waals surface area contributed by atoms with E-state index in [1.807, 2.05) is 0 Å². The lowest BCUT2D eigenvalue weighted by molar-refractivity contribution is -0.404. The predicted molar refractivity (Wildman–Crippen MR) is 43.2 cm³/mol. The van der Waals surface area contributed by atoms with Crippen LogP contribution < -0.4 is 0 Å². The average Bonchev–Trinajstić information content (AvgIpc) is 2.20. The van der Waals surface area contributed by atoms with Crippen molar-refractivity contribution in [2.24, 2.45) is 0 Å². The first-order chi connectivity index (χ1) is 6.84. The minimum absolute atomic E-state index is 0.764. The zero-order valence-electron chi connectivity index (χ0n) is 7.63. The fourth-order valence-electron chi connectivity index (χ4n) is 1.39. The molecule has 15 heavy (non-hydrogen) atoms.